The van der Waals surface area contributed by atoms with Crippen molar-refractivity contribution in [2.75, 3.05) is 6.61 Å². The molecule has 16 heavy (non-hydrogen) atoms. The fourth-order valence-corrected chi connectivity index (χ4v) is 2.54. The monoisotopic (exact) mass is 218 g/mol. The van der Waals surface area contributed by atoms with Crippen LogP contribution in [0.4, 0.5) is 0 Å². The molecule has 0 aromatic heterocycles. The Hall–Kier alpha value is -0.820. The van der Waals surface area contributed by atoms with Crippen molar-refractivity contribution in [3.05, 3.63) is 35.9 Å². The summed E-state index contributed by atoms with van der Waals surface area (Å²) >= 11 is 0. The summed E-state index contributed by atoms with van der Waals surface area (Å²) in [6.45, 7) is 3.27. The first-order valence-electron chi connectivity index (χ1n) is 6.54. The number of hydrogen-bond donors (Lipinski definition) is 0. The van der Waals surface area contributed by atoms with Gasteiger partial charge in [-0.05, 0) is 37.2 Å². The molecule has 0 aliphatic carbocycles. The Bertz CT molecular complexity index is 288. The Morgan fingerprint density at radius 2 is 2.12 bits per heavy atom. The van der Waals surface area contributed by atoms with E-state index in [9.17, 15) is 0 Å². The SMILES string of the molecule is CCC(Cc1ccccc1)CC1CCCO1. The van der Waals surface area contributed by atoms with E-state index < -0.39 is 0 Å². The second kappa shape index (κ2) is 6.05. The summed E-state index contributed by atoms with van der Waals surface area (Å²) in [5.74, 6) is 0.783. The van der Waals surface area contributed by atoms with Gasteiger partial charge in [-0.1, -0.05) is 43.7 Å². The molecule has 1 aliphatic heterocycles. The first-order valence-corrected chi connectivity index (χ1v) is 6.54. The van der Waals surface area contributed by atoms with Crippen LogP contribution in [0.15, 0.2) is 30.3 Å². The highest BCUT2D eigenvalue weighted by Crippen LogP contribution is 2.24. The zero-order valence-corrected chi connectivity index (χ0v) is 10.2. The Labute approximate surface area is 98.8 Å². The predicted molar refractivity (Wildman–Crippen MR) is 67.5 cm³/mol. The molecule has 1 fully saturated rings. The minimum absolute atomic E-state index is 0.536. The third kappa shape index (κ3) is 3.34. The third-order valence-electron chi connectivity index (χ3n) is 3.56. The van der Waals surface area contributed by atoms with E-state index in [1.165, 1.54) is 37.7 Å². The van der Waals surface area contributed by atoms with Crippen molar-refractivity contribution >= 4 is 0 Å². The summed E-state index contributed by atoms with van der Waals surface area (Å²) in [7, 11) is 0. The summed E-state index contributed by atoms with van der Waals surface area (Å²) in [6.07, 6.45) is 6.77. The van der Waals surface area contributed by atoms with E-state index in [4.69, 9.17) is 4.74 Å². The molecule has 0 spiro atoms. The molecule has 1 aromatic carbocycles. The molecule has 0 bridgehead atoms. The molecule has 1 aliphatic rings. The molecular weight excluding hydrogens is 196 g/mol. The topological polar surface area (TPSA) is 9.23 Å². The second-order valence-electron chi connectivity index (χ2n) is 4.83. The zero-order valence-electron chi connectivity index (χ0n) is 10.2. The molecule has 0 amide bonds. The summed E-state index contributed by atoms with van der Waals surface area (Å²) < 4.78 is 5.72. The van der Waals surface area contributed by atoms with Crippen LogP contribution in [0, 0.1) is 5.92 Å². The van der Waals surface area contributed by atoms with E-state index in [0.717, 1.165) is 12.5 Å². The summed E-state index contributed by atoms with van der Waals surface area (Å²) in [4.78, 5) is 0. The molecule has 1 heteroatoms. The normalized spacial score (nSPS) is 22.2. The summed E-state index contributed by atoms with van der Waals surface area (Å²) in [5.41, 5.74) is 1.47. The Morgan fingerprint density at radius 3 is 2.75 bits per heavy atom. The van der Waals surface area contributed by atoms with Crippen molar-refractivity contribution in [2.45, 2.75) is 45.1 Å². The molecule has 2 unspecified atom stereocenters. The van der Waals surface area contributed by atoms with E-state index in [0.29, 0.717) is 6.10 Å². The molecule has 0 saturated carbocycles. The van der Waals surface area contributed by atoms with Crippen LogP contribution in [0.5, 0.6) is 0 Å². The smallest absolute Gasteiger partial charge is 0.0578 e. The van der Waals surface area contributed by atoms with Gasteiger partial charge in [-0.15, -0.1) is 0 Å². The van der Waals surface area contributed by atoms with E-state index in [2.05, 4.69) is 37.3 Å². The minimum Gasteiger partial charge on any atom is -0.378 e. The van der Waals surface area contributed by atoms with Crippen LogP contribution in [-0.4, -0.2) is 12.7 Å². The van der Waals surface area contributed by atoms with Gasteiger partial charge in [0.15, 0.2) is 0 Å². The van der Waals surface area contributed by atoms with Crippen LogP contribution in [0.3, 0.4) is 0 Å². The zero-order chi connectivity index (χ0) is 11.2. The van der Waals surface area contributed by atoms with Crippen LogP contribution < -0.4 is 0 Å². The van der Waals surface area contributed by atoms with Crippen LogP contribution in [-0.2, 0) is 11.2 Å². The largest absolute Gasteiger partial charge is 0.378 e. The fourth-order valence-electron chi connectivity index (χ4n) is 2.54. The van der Waals surface area contributed by atoms with Gasteiger partial charge in [0.1, 0.15) is 0 Å². The molecule has 0 N–H and O–H groups in total. The van der Waals surface area contributed by atoms with Crippen molar-refractivity contribution < 1.29 is 4.74 Å². The van der Waals surface area contributed by atoms with Crippen molar-refractivity contribution in [1.82, 2.24) is 0 Å². The molecule has 88 valence electrons. The lowest BCUT2D eigenvalue weighted by molar-refractivity contribution is 0.0888. The van der Waals surface area contributed by atoms with Crippen molar-refractivity contribution in [1.29, 1.82) is 0 Å². The number of ether oxygens (including phenoxy) is 1. The Morgan fingerprint density at radius 1 is 1.31 bits per heavy atom. The van der Waals surface area contributed by atoms with Crippen LogP contribution >= 0.6 is 0 Å². The highest BCUT2D eigenvalue weighted by Gasteiger charge is 2.19. The predicted octanol–water partition coefficient (Wildman–Crippen LogP) is 3.82. The molecule has 1 nitrogen and oxygen atoms in total. The molecule has 1 aromatic rings. The van der Waals surface area contributed by atoms with Crippen molar-refractivity contribution in [3.8, 4) is 0 Å². The van der Waals surface area contributed by atoms with Gasteiger partial charge >= 0.3 is 0 Å². The number of benzene rings is 1. The van der Waals surface area contributed by atoms with Gasteiger partial charge in [0.25, 0.3) is 0 Å². The van der Waals surface area contributed by atoms with Gasteiger partial charge in [0.2, 0.25) is 0 Å². The summed E-state index contributed by atoms with van der Waals surface area (Å²) in [6, 6.07) is 10.8. The molecular formula is C15H22O. The van der Waals surface area contributed by atoms with Crippen molar-refractivity contribution in [2.24, 2.45) is 5.92 Å². The van der Waals surface area contributed by atoms with Crippen LogP contribution in [0.2, 0.25) is 0 Å². The maximum atomic E-state index is 5.72. The average molecular weight is 218 g/mol. The van der Waals surface area contributed by atoms with Gasteiger partial charge in [-0.25, -0.2) is 0 Å². The summed E-state index contributed by atoms with van der Waals surface area (Å²) in [5, 5.41) is 0. The first kappa shape index (κ1) is 11.7. The van der Waals surface area contributed by atoms with Crippen molar-refractivity contribution in [3.63, 3.8) is 0 Å². The van der Waals surface area contributed by atoms with Gasteiger partial charge < -0.3 is 4.74 Å². The lowest BCUT2D eigenvalue weighted by Gasteiger charge is -2.18. The van der Waals surface area contributed by atoms with Gasteiger partial charge in [-0.3, -0.25) is 0 Å². The second-order valence-corrected chi connectivity index (χ2v) is 4.83. The van der Waals surface area contributed by atoms with Crippen LogP contribution in [0.25, 0.3) is 0 Å². The quantitative estimate of drug-likeness (QED) is 0.730. The van der Waals surface area contributed by atoms with Gasteiger partial charge in [0.05, 0.1) is 6.10 Å². The highest BCUT2D eigenvalue weighted by atomic mass is 16.5. The lowest BCUT2D eigenvalue weighted by atomic mass is 9.91. The first-order chi connectivity index (χ1) is 7.88. The van der Waals surface area contributed by atoms with E-state index >= 15 is 0 Å². The molecule has 2 rings (SSSR count). The van der Waals surface area contributed by atoms with Gasteiger partial charge in [-0.2, -0.15) is 0 Å². The lowest BCUT2D eigenvalue weighted by Crippen LogP contribution is -2.14. The fraction of sp³-hybridized carbons (Fsp3) is 0.600. The van der Waals surface area contributed by atoms with Gasteiger partial charge in [0, 0.05) is 6.61 Å². The Kier molecular flexibility index (Phi) is 4.41. The average Bonchev–Trinajstić information content (AvgIpc) is 2.82. The molecule has 1 saturated heterocycles. The maximum Gasteiger partial charge on any atom is 0.0578 e. The standard InChI is InChI=1S/C15H22O/c1-2-13(12-15-9-6-10-16-15)11-14-7-4-3-5-8-14/h3-5,7-8,13,15H,2,6,9-12H2,1H3. The van der Waals surface area contributed by atoms with E-state index in [-0.39, 0.29) is 0 Å². The Balaban J connectivity index is 1.85. The maximum absolute atomic E-state index is 5.72. The highest BCUT2D eigenvalue weighted by molar-refractivity contribution is 5.15. The van der Waals surface area contributed by atoms with E-state index in [1.54, 1.807) is 0 Å². The van der Waals surface area contributed by atoms with Crippen LogP contribution in [0.1, 0.15) is 38.2 Å². The van der Waals surface area contributed by atoms with E-state index in [1.807, 2.05) is 0 Å². The third-order valence-corrected chi connectivity index (χ3v) is 3.56. The number of rotatable bonds is 5. The molecule has 1 heterocycles. The molecule has 0 radical (unpaired) electrons. The minimum atomic E-state index is 0.536. The number of hydrogen-bond acceptors (Lipinski definition) is 1. The molecule has 2 atom stereocenters.